The molecule has 6 rings (SSSR count). The van der Waals surface area contributed by atoms with Crippen LogP contribution in [-0.4, -0.2) is 37.5 Å². The molecule has 0 saturated carbocycles. The van der Waals surface area contributed by atoms with Crippen molar-refractivity contribution in [2.45, 2.75) is 60.3 Å². The molecule has 0 aliphatic carbocycles. The molecule has 58 heavy (non-hydrogen) atoms. The number of nitrogens with zero attached hydrogens (tertiary/aromatic N) is 5. The van der Waals surface area contributed by atoms with E-state index in [1.807, 2.05) is 34.6 Å². The van der Waals surface area contributed by atoms with E-state index in [1.165, 1.54) is 13.8 Å². The molecule has 0 fully saturated rings. The summed E-state index contributed by atoms with van der Waals surface area (Å²) >= 11 is 12.0. The molecule has 4 aromatic carbocycles. The van der Waals surface area contributed by atoms with Crippen molar-refractivity contribution in [2.24, 2.45) is 0 Å². The molecule has 6 aromatic rings. The Kier molecular flexibility index (Phi) is 13.4. The lowest BCUT2D eigenvalue weighted by molar-refractivity contribution is -0.116. The number of amides is 2. The lowest BCUT2D eigenvalue weighted by atomic mass is 10.0. The first-order valence-electron chi connectivity index (χ1n) is 18.6. The molecule has 0 radical (unpaired) electrons. The van der Waals surface area contributed by atoms with Crippen LogP contribution >= 0.6 is 23.2 Å². The van der Waals surface area contributed by atoms with Crippen molar-refractivity contribution in [2.75, 3.05) is 16.8 Å². The van der Waals surface area contributed by atoms with E-state index in [0.717, 1.165) is 5.57 Å². The van der Waals surface area contributed by atoms with Crippen LogP contribution in [0.5, 0.6) is 0 Å². The number of carbonyl (C=O) groups is 2. The second-order valence-electron chi connectivity index (χ2n) is 14.5. The van der Waals surface area contributed by atoms with Crippen LogP contribution in [0.25, 0.3) is 45.3 Å². The highest BCUT2D eigenvalue weighted by Crippen LogP contribution is 2.31. The standard InChI is InChI=1S/C25H26ClN3O2.C21H20ClN3O2/c1-7-20-22(28(17(6)30)14-15(2)3)13-12-21-23(20)27-24(16(4)5)29(25(21)31)19-10-8-18(26)9-11-19;1-5-16-18(23-13(4)26)11-10-17-19(16)24-20(12(2)3)25(21(17)27)15-8-6-14(22)7-9-15/h7-13,16H,1-2,14H2,3-6H3;5-12H,1H2,2-4H3,(H,23,26). The third-order valence-corrected chi connectivity index (χ3v) is 9.71. The highest BCUT2D eigenvalue weighted by Gasteiger charge is 2.22. The topological polar surface area (TPSA) is 119 Å². The summed E-state index contributed by atoms with van der Waals surface area (Å²) in [5, 5.41) is 4.87. The molecule has 0 saturated heterocycles. The smallest absolute Gasteiger partial charge is 0.266 e. The monoisotopic (exact) mass is 816 g/mol. The predicted octanol–water partition coefficient (Wildman–Crippen LogP) is 10.5. The van der Waals surface area contributed by atoms with Gasteiger partial charge < -0.3 is 10.2 Å². The number of hydrogen-bond donors (Lipinski definition) is 1. The summed E-state index contributed by atoms with van der Waals surface area (Å²) in [6.07, 6.45) is 3.26. The third-order valence-electron chi connectivity index (χ3n) is 9.21. The minimum atomic E-state index is -0.198. The van der Waals surface area contributed by atoms with Crippen LogP contribution in [0, 0.1) is 0 Å². The van der Waals surface area contributed by atoms with Gasteiger partial charge in [-0.05, 0) is 79.7 Å². The van der Waals surface area contributed by atoms with E-state index in [4.69, 9.17) is 33.2 Å². The summed E-state index contributed by atoms with van der Waals surface area (Å²) in [7, 11) is 0. The summed E-state index contributed by atoms with van der Waals surface area (Å²) in [4.78, 5) is 62.0. The van der Waals surface area contributed by atoms with E-state index in [1.54, 1.807) is 99.0 Å². The first-order chi connectivity index (χ1) is 27.5. The zero-order valence-electron chi connectivity index (χ0n) is 33.7. The largest absolute Gasteiger partial charge is 0.326 e. The molecule has 0 unspecified atom stereocenters. The minimum absolute atomic E-state index is 0.000124. The van der Waals surface area contributed by atoms with E-state index in [2.05, 4.69) is 25.1 Å². The van der Waals surface area contributed by atoms with Crippen molar-refractivity contribution in [1.82, 2.24) is 19.1 Å². The van der Waals surface area contributed by atoms with Gasteiger partial charge in [0.15, 0.2) is 0 Å². The van der Waals surface area contributed by atoms with Crippen molar-refractivity contribution in [3.8, 4) is 11.4 Å². The first-order valence-corrected chi connectivity index (χ1v) is 19.4. The van der Waals surface area contributed by atoms with Gasteiger partial charge in [0.2, 0.25) is 11.8 Å². The van der Waals surface area contributed by atoms with Crippen LogP contribution in [0.2, 0.25) is 10.0 Å². The van der Waals surface area contributed by atoms with Crippen LogP contribution < -0.4 is 21.3 Å². The van der Waals surface area contributed by atoms with E-state index < -0.39 is 0 Å². The molecule has 0 spiro atoms. The molecular formula is C46H46Cl2N6O4. The fourth-order valence-corrected chi connectivity index (χ4v) is 6.85. The quantitative estimate of drug-likeness (QED) is 0.138. The zero-order valence-corrected chi connectivity index (χ0v) is 35.2. The number of nitrogens with one attached hydrogen (secondary N) is 1. The number of benzene rings is 4. The number of fused-ring (bicyclic) bond motifs is 2. The van der Waals surface area contributed by atoms with Gasteiger partial charge >= 0.3 is 0 Å². The fourth-order valence-electron chi connectivity index (χ4n) is 6.60. The maximum Gasteiger partial charge on any atom is 0.266 e. The Labute approximate surface area is 347 Å². The highest BCUT2D eigenvalue weighted by molar-refractivity contribution is 6.30. The highest BCUT2D eigenvalue weighted by atomic mass is 35.5. The van der Waals surface area contributed by atoms with Gasteiger partial charge in [-0.3, -0.25) is 28.3 Å². The molecule has 0 atom stereocenters. The molecule has 0 bridgehead atoms. The molecule has 1 N–H and O–H groups in total. The predicted molar refractivity (Wildman–Crippen MR) is 240 cm³/mol. The van der Waals surface area contributed by atoms with Gasteiger partial charge in [-0.15, -0.1) is 0 Å². The number of anilines is 2. The fraction of sp³-hybridized carbons (Fsp3) is 0.217. The maximum absolute atomic E-state index is 13.6. The van der Waals surface area contributed by atoms with Crippen molar-refractivity contribution in [3.05, 3.63) is 152 Å². The number of halogens is 2. The van der Waals surface area contributed by atoms with Gasteiger partial charge in [0.05, 0.1) is 44.6 Å². The molecular weight excluding hydrogens is 771 g/mol. The lowest BCUT2D eigenvalue weighted by Crippen LogP contribution is -2.31. The second kappa shape index (κ2) is 18.0. The summed E-state index contributed by atoms with van der Waals surface area (Å²) in [6.45, 7) is 24.8. The molecule has 2 heterocycles. The normalized spacial score (nSPS) is 11.0. The van der Waals surface area contributed by atoms with Crippen LogP contribution in [0.3, 0.4) is 0 Å². The van der Waals surface area contributed by atoms with Gasteiger partial charge in [0, 0.05) is 53.4 Å². The molecule has 10 nitrogen and oxygen atoms in total. The van der Waals surface area contributed by atoms with Crippen LogP contribution in [0.4, 0.5) is 11.4 Å². The van der Waals surface area contributed by atoms with Gasteiger partial charge in [-0.25, -0.2) is 9.97 Å². The molecule has 2 aromatic heterocycles. The van der Waals surface area contributed by atoms with Crippen molar-refractivity contribution < 1.29 is 9.59 Å². The van der Waals surface area contributed by atoms with Crippen LogP contribution in [0.1, 0.15) is 83.1 Å². The number of carbonyl (C=O) groups excluding carboxylic acids is 2. The molecule has 2 amide bonds. The van der Waals surface area contributed by atoms with E-state index in [0.29, 0.717) is 83.9 Å². The zero-order chi connectivity index (χ0) is 42.6. The molecule has 0 aliphatic heterocycles. The first kappa shape index (κ1) is 43.0. The molecule has 12 heteroatoms. The Morgan fingerprint density at radius 1 is 0.707 bits per heavy atom. The summed E-state index contributed by atoms with van der Waals surface area (Å²) in [5.74, 6) is 0.903. The number of aromatic nitrogens is 4. The lowest BCUT2D eigenvalue weighted by Gasteiger charge is -2.24. The Balaban J connectivity index is 0.000000223. The van der Waals surface area contributed by atoms with Crippen molar-refractivity contribution >= 4 is 80.3 Å². The van der Waals surface area contributed by atoms with Gasteiger partial charge in [-0.2, -0.15) is 0 Å². The van der Waals surface area contributed by atoms with Crippen molar-refractivity contribution in [1.29, 1.82) is 0 Å². The minimum Gasteiger partial charge on any atom is -0.326 e. The molecule has 0 aliphatic rings. The van der Waals surface area contributed by atoms with E-state index in [9.17, 15) is 19.2 Å². The Hall–Kier alpha value is -6.10. The molecule has 298 valence electrons. The van der Waals surface area contributed by atoms with E-state index >= 15 is 0 Å². The van der Waals surface area contributed by atoms with E-state index in [-0.39, 0.29) is 34.8 Å². The maximum atomic E-state index is 13.6. The second-order valence-corrected chi connectivity index (χ2v) is 15.3. The van der Waals surface area contributed by atoms with Crippen LogP contribution in [0.15, 0.2) is 108 Å². The van der Waals surface area contributed by atoms with Gasteiger partial charge in [-0.1, -0.05) is 88.4 Å². The average molecular weight is 818 g/mol. The Bertz CT molecular complexity index is 2710. The summed E-state index contributed by atoms with van der Waals surface area (Å²) in [5.41, 5.74) is 5.45. The van der Waals surface area contributed by atoms with Crippen LogP contribution in [-0.2, 0) is 9.59 Å². The third kappa shape index (κ3) is 8.88. The van der Waals surface area contributed by atoms with Gasteiger partial charge in [0.1, 0.15) is 11.6 Å². The average Bonchev–Trinajstić information content (AvgIpc) is 3.17. The Morgan fingerprint density at radius 3 is 1.52 bits per heavy atom. The summed E-state index contributed by atoms with van der Waals surface area (Å²) in [6, 6.07) is 21.0. The Morgan fingerprint density at radius 2 is 1.14 bits per heavy atom. The SMILES string of the molecule is C=Cc1c(N(CC(=C)C)C(C)=O)ccc2c(=O)n(-c3ccc(Cl)cc3)c(C(C)C)nc12.C=Cc1c(NC(C)=O)ccc2c(=O)n(-c3ccc(Cl)cc3)c(C(C)C)nc12. The summed E-state index contributed by atoms with van der Waals surface area (Å²) < 4.78 is 3.22. The number of rotatable bonds is 10. The van der Waals surface area contributed by atoms with Crippen molar-refractivity contribution in [3.63, 3.8) is 0 Å². The number of hydrogen-bond acceptors (Lipinski definition) is 6. The van der Waals surface area contributed by atoms with Gasteiger partial charge in [0.25, 0.3) is 11.1 Å².